The molecule has 0 saturated carbocycles. The molecule has 0 aliphatic carbocycles. The van der Waals surface area contributed by atoms with Crippen molar-refractivity contribution in [2.75, 3.05) is 6.61 Å². The Morgan fingerprint density at radius 1 is 1.19 bits per heavy atom. The van der Waals surface area contributed by atoms with Crippen LogP contribution >= 0.6 is 0 Å². The molecule has 27 heavy (non-hydrogen) atoms. The van der Waals surface area contributed by atoms with Gasteiger partial charge >= 0.3 is 5.63 Å². The van der Waals surface area contributed by atoms with Gasteiger partial charge in [0.25, 0.3) is 0 Å². The number of aryl methyl sites for hydroxylation is 2. The third kappa shape index (κ3) is 4.26. The predicted octanol–water partition coefficient (Wildman–Crippen LogP) is 2.79. The minimum Gasteiger partial charge on any atom is -0.550 e. The molecule has 0 N–H and O–H groups in total. The van der Waals surface area contributed by atoms with Crippen molar-refractivity contribution < 1.29 is 19.1 Å². The summed E-state index contributed by atoms with van der Waals surface area (Å²) in [5.74, 6) is -0.784. The number of carbonyl (C=O) groups is 1. The number of carbonyl (C=O) groups excluding carboxylic acids is 1. The van der Waals surface area contributed by atoms with Gasteiger partial charge in [0.1, 0.15) is 17.9 Å². The van der Waals surface area contributed by atoms with Gasteiger partial charge in [0.2, 0.25) is 0 Å². The van der Waals surface area contributed by atoms with Gasteiger partial charge in [0, 0.05) is 18.0 Å². The van der Waals surface area contributed by atoms with Crippen LogP contribution in [0.4, 0.5) is 0 Å². The van der Waals surface area contributed by atoms with E-state index in [4.69, 9.17) is 9.15 Å². The fourth-order valence-corrected chi connectivity index (χ4v) is 2.99. The zero-order valence-electron chi connectivity index (χ0n) is 15.2. The maximum absolute atomic E-state index is 12.1. The molecule has 2 aromatic carbocycles. The first-order chi connectivity index (χ1) is 13.0. The molecule has 1 aromatic heterocycles. The maximum Gasteiger partial charge on any atom is 0.340 e. The molecular weight excluding hydrogens is 344 g/mol. The van der Waals surface area contributed by atoms with Crippen molar-refractivity contribution in [2.45, 2.75) is 20.3 Å². The monoisotopic (exact) mass is 363 g/mol. The lowest BCUT2D eigenvalue weighted by Crippen LogP contribution is -2.27. The van der Waals surface area contributed by atoms with Crippen LogP contribution in [-0.4, -0.2) is 12.6 Å². The third-order valence-corrected chi connectivity index (χ3v) is 4.25. The molecule has 0 radical (unpaired) electrons. The Labute approximate surface area is 156 Å². The zero-order valence-corrected chi connectivity index (χ0v) is 15.2. The SMILES string of the molecule is Cc1cc(OC/C=C/c2ccccc2)c2c(C)c(CC(=O)[O-])c(=O)oc2c1. The fourth-order valence-electron chi connectivity index (χ4n) is 2.99. The summed E-state index contributed by atoms with van der Waals surface area (Å²) in [4.78, 5) is 23.1. The molecule has 0 amide bonds. The molecule has 0 aliphatic rings. The van der Waals surface area contributed by atoms with Gasteiger partial charge in [0.15, 0.2) is 0 Å². The van der Waals surface area contributed by atoms with Crippen molar-refractivity contribution >= 4 is 23.0 Å². The van der Waals surface area contributed by atoms with Gasteiger partial charge in [-0.2, -0.15) is 0 Å². The summed E-state index contributed by atoms with van der Waals surface area (Å²) in [6.07, 6.45) is 3.35. The standard InChI is InChI=1S/C22H20O5/c1-14-11-18(26-10-6-9-16-7-4-3-5-8-16)21-15(2)17(13-20(23)24)22(25)27-19(21)12-14/h3-9,11-12H,10,13H2,1-2H3,(H,23,24)/p-1/b9-6+. The normalized spacial score (nSPS) is 11.2. The molecule has 5 heteroatoms. The second-order valence-corrected chi connectivity index (χ2v) is 6.30. The Morgan fingerprint density at radius 2 is 1.93 bits per heavy atom. The molecule has 0 aliphatic heterocycles. The number of hydrogen-bond acceptors (Lipinski definition) is 5. The van der Waals surface area contributed by atoms with Crippen LogP contribution in [0.2, 0.25) is 0 Å². The van der Waals surface area contributed by atoms with Gasteiger partial charge in [-0.25, -0.2) is 4.79 Å². The average Bonchev–Trinajstić information content (AvgIpc) is 2.62. The molecule has 0 spiro atoms. The van der Waals surface area contributed by atoms with Crippen molar-refractivity contribution in [3.63, 3.8) is 0 Å². The van der Waals surface area contributed by atoms with E-state index in [0.717, 1.165) is 11.1 Å². The second-order valence-electron chi connectivity index (χ2n) is 6.30. The zero-order chi connectivity index (χ0) is 19.4. The number of carboxylic acids is 1. The minimum absolute atomic E-state index is 0.0797. The molecule has 0 bridgehead atoms. The van der Waals surface area contributed by atoms with Gasteiger partial charge in [-0.15, -0.1) is 0 Å². The van der Waals surface area contributed by atoms with E-state index in [1.807, 2.05) is 55.5 Å². The van der Waals surface area contributed by atoms with Crippen LogP contribution in [0, 0.1) is 13.8 Å². The lowest BCUT2D eigenvalue weighted by Gasteiger charge is -2.13. The van der Waals surface area contributed by atoms with E-state index in [-0.39, 0.29) is 5.56 Å². The van der Waals surface area contributed by atoms with E-state index in [2.05, 4.69) is 0 Å². The van der Waals surface area contributed by atoms with E-state index >= 15 is 0 Å². The van der Waals surface area contributed by atoms with Gasteiger partial charge in [-0.3, -0.25) is 0 Å². The van der Waals surface area contributed by atoms with Gasteiger partial charge in [0.05, 0.1) is 5.39 Å². The van der Waals surface area contributed by atoms with Gasteiger partial charge in [-0.05, 0) is 48.7 Å². The van der Waals surface area contributed by atoms with Crippen LogP contribution in [0.15, 0.2) is 57.8 Å². The van der Waals surface area contributed by atoms with E-state index < -0.39 is 18.0 Å². The van der Waals surface area contributed by atoms with Crippen LogP contribution in [0.1, 0.15) is 22.3 Å². The number of rotatable bonds is 6. The van der Waals surface area contributed by atoms with Crippen LogP contribution in [0.25, 0.3) is 17.0 Å². The average molecular weight is 363 g/mol. The number of benzene rings is 2. The number of fused-ring (bicyclic) bond motifs is 1. The van der Waals surface area contributed by atoms with Crippen molar-refractivity contribution in [2.24, 2.45) is 0 Å². The van der Waals surface area contributed by atoms with Crippen molar-refractivity contribution in [3.8, 4) is 5.75 Å². The molecule has 3 aromatic rings. The van der Waals surface area contributed by atoms with Crippen LogP contribution in [0.5, 0.6) is 5.75 Å². The van der Waals surface area contributed by atoms with Crippen LogP contribution < -0.4 is 15.5 Å². The minimum atomic E-state index is -1.33. The summed E-state index contributed by atoms with van der Waals surface area (Å²) in [7, 11) is 0. The predicted molar refractivity (Wildman–Crippen MR) is 102 cm³/mol. The first kappa shape index (κ1) is 18.5. The summed E-state index contributed by atoms with van der Waals surface area (Å²) in [5.41, 5.74) is 2.27. The van der Waals surface area contributed by atoms with Crippen molar-refractivity contribution in [1.29, 1.82) is 0 Å². The molecule has 3 rings (SSSR count). The Hall–Kier alpha value is -3.34. The Balaban J connectivity index is 1.95. The highest BCUT2D eigenvalue weighted by Crippen LogP contribution is 2.31. The second kappa shape index (κ2) is 7.91. The van der Waals surface area contributed by atoms with Crippen LogP contribution in [0.3, 0.4) is 0 Å². The smallest absolute Gasteiger partial charge is 0.340 e. The Morgan fingerprint density at radius 3 is 2.63 bits per heavy atom. The van der Waals surface area contributed by atoms with Crippen molar-refractivity contribution in [1.82, 2.24) is 0 Å². The largest absolute Gasteiger partial charge is 0.550 e. The third-order valence-electron chi connectivity index (χ3n) is 4.25. The first-order valence-electron chi connectivity index (χ1n) is 8.57. The van der Waals surface area contributed by atoms with E-state index in [9.17, 15) is 14.7 Å². The summed E-state index contributed by atoms with van der Waals surface area (Å²) in [5, 5.41) is 11.6. The highest BCUT2D eigenvalue weighted by molar-refractivity contribution is 5.89. The molecule has 0 fully saturated rings. The van der Waals surface area contributed by atoms with Gasteiger partial charge in [-0.1, -0.05) is 36.4 Å². The van der Waals surface area contributed by atoms with E-state index in [1.165, 1.54) is 0 Å². The van der Waals surface area contributed by atoms with E-state index in [1.54, 1.807) is 13.0 Å². The molecule has 5 nitrogen and oxygen atoms in total. The van der Waals surface area contributed by atoms with E-state index in [0.29, 0.717) is 28.9 Å². The topological polar surface area (TPSA) is 79.6 Å². The van der Waals surface area contributed by atoms with Gasteiger partial charge < -0.3 is 19.1 Å². The molecular formula is C22H19O5-. The maximum atomic E-state index is 12.1. The lowest BCUT2D eigenvalue weighted by molar-refractivity contribution is -0.304. The highest BCUT2D eigenvalue weighted by Gasteiger charge is 2.16. The fraction of sp³-hybridized carbons (Fsp3) is 0.182. The molecule has 1 heterocycles. The van der Waals surface area contributed by atoms with Crippen molar-refractivity contribution in [3.05, 3.63) is 81.2 Å². The highest BCUT2D eigenvalue weighted by atomic mass is 16.5. The lowest BCUT2D eigenvalue weighted by atomic mass is 10.0. The summed E-state index contributed by atoms with van der Waals surface area (Å²) >= 11 is 0. The molecule has 138 valence electrons. The quantitative estimate of drug-likeness (QED) is 0.629. The number of aliphatic carboxylic acids is 1. The summed E-state index contributed by atoms with van der Waals surface area (Å²) in [6, 6.07) is 13.4. The Kier molecular flexibility index (Phi) is 5.41. The number of hydrogen-bond donors (Lipinski definition) is 0. The molecule has 0 saturated heterocycles. The van der Waals surface area contributed by atoms with Crippen LogP contribution in [-0.2, 0) is 11.2 Å². The number of ether oxygens (including phenoxy) is 1. The summed E-state index contributed by atoms with van der Waals surface area (Å²) < 4.78 is 11.2. The number of carboxylic acid groups (broad SMARTS) is 1. The molecule has 0 atom stereocenters. The molecule has 0 unspecified atom stereocenters. The Bertz CT molecular complexity index is 1060. The first-order valence-corrected chi connectivity index (χ1v) is 8.57. The summed E-state index contributed by atoms with van der Waals surface area (Å²) in [6.45, 7) is 3.89.